The van der Waals surface area contributed by atoms with Gasteiger partial charge in [-0.3, -0.25) is 0 Å². The Balaban J connectivity index is 2.07. The third-order valence-corrected chi connectivity index (χ3v) is 4.60. The smallest absolute Gasteiger partial charge is 0.118 e. The molecule has 4 heteroatoms. The number of para-hydroxylation sites is 1. The summed E-state index contributed by atoms with van der Waals surface area (Å²) in [6, 6.07) is 8.38. The molecule has 0 amide bonds. The average Bonchev–Trinajstić information content (AvgIpc) is 3.24. The predicted octanol–water partition coefficient (Wildman–Crippen LogP) is 3.38. The highest BCUT2D eigenvalue weighted by Gasteiger charge is 2.16. The highest BCUT2D eigenvalue weighted by Crippen LogP contribution is 2.33. The quantitative estimate of drug-likeness (QED) is 0.367. The van der Waals surface area contributed by atoms with E-state index >= 15 is 0 Å². The van der Waals surface area contributed by atoms with E-state index in [0.29, 0.717) is 0 Å². The second kappa shape index (κ2) is 4.20. The molecule has 1 aromatic carbocycles. The van der Waals surface area contributed by atoms with Crippen molar-refractivity contribution >= 4 is 56.2 Å². The molecule has 0 fully saturated rings. The summed E-state index contributed by atoms with van der Waals surface area (Å²) in [5.41, 5.74) is 5.51. The van der Waals surface area contributed by atoms with Crippen molar-refractivity contribution in [2.45, 2.75) is 6.92 Å². The average molecular weight is 300 g/mol. The van der Waals surface area contributed by atoms with Crippen molar-refractivity contribution in [3.05, 3.63) is 47.5 Å². The molecule has 0 unspecified atom stereocenters. The van der Waals surface area contributed by atoms with Gasteiger partial charge < -0.3 is 19.9 Å². The number of nitrogens with one attached hydrogen (secondary N) is 4. The zero-order valence-corrected chi connectivity index (χ0v) is 12.7. The SMILES string of the molecule is C=C/C=c1\c(=C/C)[nH]c2[nH]c3c([nH]c4[nH]c5ccccc5c43)c12. The van der Waals surface area contributed by atoms with Crippen molar-refractivity contribution in [1.29, 1.82) is 0 Å². The van der Waals surface area contributed by atoms with Gasteiger partial charge in [-0.25, -0.2) is 0 Å². The van der Waals surface area contributed by atoms with Crippen molar-refractivity contribution in [2.75, 3.05) is 0 Å². The van der Waals surface area contributed by atoms with Gasteiger partial charge in [-0.15, -0.1) is 0 Å². The van der Waals surface area contributed by atoms with E-state index < -0.39 is 0 Å². The van der Waals surface area contributed by atoms with Gasteiger partial charge >= 0.3 is 0 Å². The number of benzene rings is 1. The van der Waals surface area contributed by atoms with Crippen LogP contribution in [0.15, 0.2) is 36.9 Å². The number of allylic oxidation sites excluding steroid dienone is 1. The fourth-order valence-corrected chi connectivity index (χ4v) is 3.65. The maximum Gasteiger partial charge on any atom is 0.118 e. The number of hydrogen-bond acceptors (Lipinski definition) is 0. The third-order valence-electron chi connectivity index (χ3n) is 4.60. The second-order valence-electron chi connectivity index (χ2n) is 5.81. The normalized spacial score (nSPS) is 14.1. The van der Waals surface area contributed by atoms with Gasteiger partial charge in [-0.2, -0.15) is 0 Å². The molecular formula is C19H16N4. The molecule has 4 heterocycles. The van der Waals surface area contributed by atoms with Crippen LogP contribution in [-0.4, -0.2) is 19.9 Å². The molecule has 4 N–H and O–H groups in total. The second-order valence-corrected chi connectivity index (χ2v) is 5.81. The molecule has 0 saturated carbocycles. The molecule has 4 nitrogen and oxygen atoms in total. The molecule has 0 aliphatic rings. The van der Waals surface area contributed by atoms with Gasteiger partial charge in [0.25, 0.3) is 0 Å². The summed E-state index contributed by atoms with van der Waals surface area (Å²) in [4.78, 5) is 14.0. The first kappa shape index (κ1) is 12.4. The lowest BCUT2D eigenvalue weighted by Crippen LogP contribution is -2.21. The molecule has 0 aliphatic heterocycles. The van der Waals surface area contributed by atoms with E-state index in [1.165, 1.54) is 16.2 Å². The van der Waals surface area contributed by atoms with Crippen LogP contribution in [0.4, 0.5) is 0 Å². The first-order valence-electron chi connectivity index (χ1n) is 7.72. The van der Waals surface area contributed by atoms with Crippen LogP contribution in [0.3, 0.4) is 0 Å². The number of fused-ring (bicyclic) bond motifs is 7. The molecule has 112 valence electrons. The Kier molecular flexibility index (Phi) is 2.26. The number of aromatic nitrogens is 4. The van der Waals surface area contributed by atoms with E-state index in [4.69, 9.17) is 0 Å². The summed E-state index contributed by atoms with van der Waals surface area (Å²) < 4.78 is 0. The van der Waals surface area contributed by atoms with Crippen LogP contribution in [0.2, 0.25) is 0 Å². The molecular weight excluding hydrogens is 284 g/mol. The molecule has 0 spiro atoms. The van der Waals surface area contributed by atoms with Crippen molar-refractivity contribution in [3.8, 4) is 0 Å². The Labute approximate surface area is 131 Å². The minimum absolute atomic E-state index is 1.04. The van der Waals surface area contributed by atoms with E-state index in [9.17, 15) is 0 Å². The Bertz CT molecular complexity index is 1330. The third kappa shape index (κ3) is 1.45. The van der Waals surface area contributed by atoms with Crippen LogP contribution in [0.25, 0.3) is 56.2 Å². The van der Waals surface area contributed by atoms with Gasteiger partial charge in [0, 0.05) is 21.5 Å². The lowest BCUT2D eigenvalue weighted by Gasteiger charge is -1.88. The number of hydrogen-bond donors (Lipinski definition) is 4. The number of aromatic amines is 4. The van der Waals surface area contributed by atoms with Gasteiger partial charge in [0.1, 0.15) is 11.3 Å². The summed E-state index contributed by atoms with van der Waals surface area (Å²) in [7, 11) is 0. The fraction of sp³-hybridized carbons (Fsp3) is 0.0526. The lowest BCUT2D eigenvalue weighted by atomic mass is 10.2. The summed E-state index contributed by atoms with van der Waals surface area (Å²) >= 11 is 0. The van der Waals surface area contributed by atoms with Gasteiger partial charge in [-0.1, -0.05) is 43.0 Å². The van der Waals surface area contributed by atoms with Crippen molar-refractivity contribution in [1.82, 2.24) is 19.9 Å². The predicted molar refractivity (Wildman–Crippen MR) is 97.9 cm³/mol. The monoisotopic (exact) mass is 300 g/mol. The maximum atomic E-state index is 3.85. The molecule has 5 rings (SSSR count). The highest BCUT2D eigenvalue weighted by molar-refractivity contribution is 6.24. The molecule has 4 aromatic heterocycles. The van der Waals surface area contributed by atoms with Crippen molar-refractivity contribution in [2.24, 2.45) is 0 Å². The topological polar surface area (TPSA) is 63.2 Å². The van der Waals surface area contributed by atoms with E-state index in [1.807, 2.05) is 13.0 Å². The Hall–Kier alpha value is -3.14. The number of rotatable bonds is 1. The van der Waals surface area contributed by atoms with Crippen molar-refractivity contribution in [3.63, 3.8) is 0 Å². The summed E-state index contributed by atoms with van der Waals surface area (Å²) in [6.07, 6.45) is 5.96. The molecule has 0 bridgehead atoms. The Morgan fingerprint density at radius 2 is 1.65 bits per heavy atom. The lowest BCUT2D eigenvalue weighted by molar-refractivity contribution is 1.31. The van der Waals surface area contributed by atoms with Gasteiger partial charge in [0.2, 0.25) is 0 Å². The maximum absolute atomic E-state index is 3.85. The zero-order chi connectivity index (χ0) is 15.6. The molecule has 0 atom stereocenters. The largest absolute Gasteiger partial charge is 0.341 e. The zero-order valence-electron chi connectivity index (χ0n) is 12.7. The minimum Gasteiger partial charge on any atom is -0.341 e. The van der Waals surface area contributed by atoms with Crippen molar-refractivity contribution < 1.29 is 0 Å². The summed E-state index contributed by atoms with van der Waals surface area (Å²) in [6.45, 7) is 5.88. The van der Waals surface area contributed by atoms with E-state index in [-0.39, 0.29) is 0 Å². The van der Waals surface area contributed by atoms with Crippen LogP contribution >= 0.6 is 0 Å². The molecule has 0 saturated heterocycles. The molecule has 23 heavy (non-hydrogen) atoms. The first-order chi connectivity index (χ1) is 11.3. The minimum atomic E-state index is 1.04. The van der Waals surface area contributed by atoms with E-state index in [1.54, 1.807) is 0 Å². The first-order valence-corrected chi connectivity index (χ1v) is 7.72. The van der Waals surface area contributed by atoms with Gasteiger partial charge in [-0.05, 0) is 13.0 Å². The Morgan fingerprint density at radius 3 is 2.43 bits per heavy atom. The fourth-order valence-electron chi connectivity index (χ4n) is 3.65. The molecule has 5 aromatic rings. The van der Waals surface area contributed by atoms with Crippen LogP contribution in [0.5, 0.6) is 0 Å². The standard InChI is InChI=1S/C19H16N4/c1-3-7-10-12(4-2)20-18-14(10)16-17(22-18)15-11-8-5-6-9-13(11)21-19(15)23-16/h3-9,20-23H,1H2,2H3/b10-7+,12-4+. The van der Waals surface area contributed by atoms with Gasteiger partial charge in [0.05, 0.1) is 21.8 Å². The van der Waals surface area contributed by atoms with E-state index in [2.05, 4.69) is 62.9 Å². The molecule has 0 aliphatic carbocycles. The molecule has 0 radical (unpaired) electrons. The van der Waals surface area contributed by atoms with Crippen LogP contribution in [-0.2, 0) is 0 Å². The van der Waals surface area contributed by atoms with Crippen LogP contribution in [0, 0.1) is 0 Å². The summed E-state index contributed by atoms with van der Waals surface area (Å²) in [5.74, 6) is 0. The highest BCUT2D eigenvalue weighted by atomic mass is 14.9. The number of H-pyrrole nitrogens is 4. The van der Waals surface area contributed by atoms with Crippen LogP contribution < -0.4 is 10.6 Å². The van der Waals surface area contributed by atoms with Crippen LogP contribution in [0.1, 0.15) is 6.92 Å². The summed E-state index contributed by atoms with van der Waals surface area (Å²) in [5, 5.41) is 5.90. The Morgan fingerprint density at radius 1 is 0.913 bits per heavy atom. The van der Waals surface area contributed by atoms with E-state index in [0.717, 1.165) is 38.4 Å². The van der Waals surface area contributed by atoms with Gasteiger partial charge in [0.15, 0.2) is 0 Å².